The van der Waals surface area contributed by atoms with E-state index in [9.17, 15) is 9.59 Å². The largest absolute Gasteiger partial charge is 0.341 e. The number of thioether (sulfide) groups is 1. The monoisotopic (exact) mass is 304 g/mol. The Kier molecular flexibility index (Phi) is 4.74. The van der Waals surface area contributed by atoms with E-state index in [-0.39, 0.29) is 5.91 Å². The second kappa shape index (κ2) is 6.53. The van der Waals surface area contributed by atoms with Crippen molar-refractivity contribution in [2.75, 3.05) is 7.05 Å². The van der Waals surface area contributed by atoms with Crippen LogP contribution >= 0.6 is 11.8 Å². The average molecular weight is 304 g/mol. The van der Waals surface area contributed by atoms with Gasteiger partial charge >= 0.3 is 6.03 Å². The van der Waals surface area contributed by atoms with Gasteiger partial charge in [0, 0.05) is 7.05 Å². The number of rotatable bonds is 3. The first kappa shape index (κ1) is 15.2. The van der Waals surface area contributed by atoms with E-state index in [0.717, 1.165) is 16.7 Å². The van der Waals surface area contributed by atoms with Crippen LogP contribution < -0.4 is 10.6 Å². The molecule has 1 aromatic carbocycles. The van der Waals surface area contributed by atoms with Gasteiger partial charge in [-0.05, 0) is 26.0 Å². The Balaban J connectivity index is 2.17. The molecule has 6 nitrogen and oxygen atoms in total. The van der Waals surface area contributed by atoms with Crippen LogP contribution in [0.25, 0.3) is 11.0 Å². The maximum Gasteiger partial charge on any atom is 0.321 e. The number of imide groups is 1. The van der Waals surface area contributed by atoms with Gasteiger partial charge in [-0.2, -0.15) is 0 Å². The topological polar surface area (TPSA) is 84.0 Å². The van der Waals surface area contributed by atoms with Crippen LogP contribution in [-0.4, -0.2) is 34.2 Å². The molecule has 1 aromatic heterocycles. The Morgan fingerprint density at radius 1 is 1.19 bits per heavy atom. The van der Waals surface area contributed by atoms with Crippen molar-refractivity contribution < 1.29 is 9.59 Å². The van der Waals surface area contributed by atoms with Gasteiger partial charge in [0.2, 0.25) is 5.91 Å². The SMILES string of the molecule is CNC(=O)NC(=O)[C@H](C)Sc1nc2ccccc2nc1C. The zero-order valence-corrected chi connectivity index (χ0v) is 12.8. The number of carbonyl (C=O) groups is 2. The van der Waals surface area contributed by atoms with Crippen LogP contribution in [0.4, 0.5) is 4.79 Å². The van der Waals surface area contributed by atoms with Crippen molar-refractivity contribution >= 4 is 34.7 Å². The zero-order chi connectivity index (χ0) is 15.4. The first-order valence-electron chi connectivity index (χ1n) is 6.44. The molecule has 3 amide bonds. The Morgan fingerprint density at radius 2 is 1.81 bits per heavy atom. The highest BCUT2D eigenvalue weighted by molar-refractivity contribution is 8.00. The number of para-hydroxylation sites is 2. The second-order valence-corrected chi connectivity index (χ2v) is 5.76. The summed E-state index contributed by atoms with van der Waals surface area (Å²) in [4.78, 5) is 32.0. The van der Waals surface area contributed by atoms with E-state index in [0.29, 0.717) is 5.03 Å². The van der Waals surface area contributed by atoms with Crippen molar-refractivity contribution in [3.63, 3.8) is 0 Å². The van der Waals surface area contributed by atoms with Gasteiger partial charge in [-0.1, -0.05) is 23.9 Å². The molecular formula is C14H16N4O2S. The van der Waals surface area contributed by atoms with E-state index >= 15 is 0 Å². The van der Waals surface area contributed by atoms with E-state index in [1.807, 2.05) is 31.2 Å². The van der Waals surface area contributed by atoms with Crippen LogP contribution in [0.5, 0.6) is 0 Å². The van der Waals surface area contributed by atoms with Gasteiger partial charge in [-0.15, -0.1) is 0 Å². The van der Waals surface area contributed by atoms with E-state index in [4.69, 9.17) is 0 Å². The lowest BCUT2D eigenvalue weighted by molar-refractivity contribution is -0.119. The quantitative estimate of drug-likeness (QED) is 0.846. The summed E-state index contributed by atoms with van der Waals surface area (Å²) in [5, 5.41) is 4.83. The Bertz CT molecular complexity index is 690. The van der Waals surface area contributed by atoms with Crippen molar-refractivity contribution in [3.8, 4) is 0 Å². The summed E-state index contributed by atoms with van der Waals surface area (Å²) in [6.07, 6.45) is 0. The minimum absolute atomic E-state index is 0.367. The number of nitrogens with one attached hydrogen (secondary N) is 2. The summed E-state index contributed by atoms with van der Waals surface area (Å²) >= 11 is 1.28. The predicted molar refractivity (Wildman–Crippen MR) is 82.2 cm³/mol. The van der Waals surface area contributed by atoms with E-state index in [1.54, 1.807) is 6.92 Å². The molecule has 1 atom stereocenters. The molecule has 0 aliphatic heterocycles. The summed E-state index contributed by atoms with van der Waals surface area (Å²) < 4.78 is 0. The second-order valence-electron chi connectivity index (χ2n) is 4.43. The number of hydrogen-bond donors (Lipinski definition) is 2. The molecule has 2 N–H and O–H groups in total. The maximum absolute atomic E-state index is 11.9. The number of benzene rings is 1. The molecule has 0 spiro atoms. The van der Waals surface area contributed by atoms with Gasteiger partial charge in [0.1, 0.15) is 5.03 Å². The number of hydrogen-bond acceptors (Lipinski definition) is 5. The average Bonchev–Trinajstić information content (AvgIpc) is 2.47. The van der Waals surface area contributed by atoms with Crippen LogP contribution in [-0.2, 0) is 4.79 Å². The Hall–Kier alpha value is -2.15. The molecule has 0 aliphatic carbocycles. The molecule has 0 saturated carbocycles. The van der Waals surface area contributed by atoms with Gasteiger partial charge in [-0.3, -0.25) is 10.1 Å². The fraction of sp³-hybridized carbons (Fsp3) is 0.286. The number of aromatic nitrogens is 2. The van der Waals surface area contributed by atoms with Crippen LogP contribution in [0.2, 0.25) is 0 Å². The van der Waals surface area contributed by atoms with Gasteiger partial charge < -0.3 is 5.32 Å². The molecule has 1 heterocycles. The molecule has 0 fully saturated rings. The number of nitrogens with zero attached hydrogens (tertiary/aromatic N) is 2. The summed E-state index contributed by atoms with van der Waals surface area (Å²) in [6, 6.07) is 7.05. The molecule has 0 saturated heterocycles. The third-order valence-corrected chi connectivity index (χ3v) is 4.00. The van der Waals surface area contributed by atoms with E-state index < -0.39 is 11.3 Å². The number of amides is 3. The highest BCUT2D eigenvalue weighted by atomic mass is 32.2. The van der Waals surface area contributed by atoms with Crippen molar-refractivity contribution in [1.29, 1.82) is 0 Å². The third-order valence-electron chi connectivity index (χ3n) is 2.82. The molecular weight excluding hydrogens is 288 g/mol. The maximum atomic E-state index is 11.9. The highest BCUT2D eigenvalue weighted by Crippen LogP contribution is 2.25. The first-order chi connectivity index (χ1) is 10.0. The molecule has 2 aromatic rings. The van der Waals surface area contributed by atoms with Crippen molar-refractivity contribution in [3.05, 3.63) is 30.0 Å². The number of fused-ring (bicyclic) bond motifs is 1. The van der Waals surface area contributed by atoms with Gasteiger partial charge in [0.25, 0.3) is 0 Å². The minimum Gasteiger partial charge on any atom is -0.341 e. The van der Waals surface area contributed by atoms with Gasteiger partial charge in [0.15, 0.2) is 0 Å². The predicted octanol–water partition coefficient (Wildman–Crippen LogP) is 1.87. The molecule has 0 unspecified atom stereocenters. The molecule has 2 rings (SSSR count). The molecule has 0 bridgehead atoms. The van der Waals surface area contributed by atoms with Gasteiger partial charge in [-0.25, -0.2) is 14.8 Å². The van der Waals surface area contributed by atoms with Crippen LogP contribution in [0.15, 0.2) is 29.3 Å². The van der Waals surface area contributed by atoms with Crippen molar-refractivity contribution in [2.45, 2.75) is 24.1 Å². The Morgan fingerprint density at radius 3 is 2.43 bits per heavy atom. The molecule has 0 aliphatic rings. The van der Waals surface area contributed by atoms with Crippen LogP contribution in [0.3, 0.4) is 0 Å². The van der Waals surface area contributed by atoms with Crippen molar-refractivity contribution in [1.82, 2.24) is 20.6 Å². The van der Waals surface area contributed by atoms with Crippen LogP contribution in [0, 0.1) is 6.92 Å². The van der Waals surface area contributed by atoms with Crippen molar-refractivity contribution in [2.24, 2.45) is 0 Å². The lowest BCUT2D eigenvalue weighted by Gasteiger charge is -2.12. The normalized spacial score (nSPS) is 12.0. The lowest BCUT2D eigenvalue weighted by Crippen LogP contribution is -2.41. The lowest BCUT2D eigenvalue weighted by atomic mass is 10.3. The third kappa shape index (κ3) is 3.69. The van der Waals surface area contributed by atoms with Crippen LogP contribution in [0.1, 0.15) is 12.6 Å². The minimum atomic E-state index is -0.520. The highest BCUT2D eigenvalue weighted by Gasteiger charge is 2.18. The number of urea groups is 1. The summed E-state index contributed by atoms with van der Waals surface area (Å²) in [7, 11) is 1.46. The zero-order valence-electron chi connectivity index (χ0n) is 12.0. The van der Waals surface area contributed by atoms with E-state index in [1.165, 1.54) is 18.8 Å². The number of carbonyl (C=O) groups excluding carboxylic acids is 2. The molecule has 7 heteroatoms. The van der Waals surface area contributed by atoms with Gasteiger partial charge in [0.05, 0.1) is 22.0 Å². The fourth-order valence-electron chi connectivity index (χ4n) is 1.68. The molecule has 21 heavy (non-hydrogen) atoms. The summed E-state index contributed by atoms with van der Waals surface area (Å²) in [6.45, 7) is 3.57. The summed E-state index contributed by atoms with van der Waals surface area (Å²) in [5.41, 5.74) is 2.37. The Labute approximate surface area is 126 Å². The smallest absolute Gasteiger partial charge is 0.321 e. The fourth-order valence-corrected chi connectivity index (χ4v) is 2.55. The molecule has 0 radical (unpaired) electrons. The standard InChI is InChI=1S/C14H16N4O2S/c1-8-13(17-11-7-5-4-6-10(11)16-8)21-9(2)12(19)18-14(20)15-3/h4-7,9H,1-3H3,(H2,15,18,19,20)/t9-/m0/s1. The number of aryl methyl sites for hydroxylation is 1. The first-order valence-corrected chi connectivity index (χ1v) is 7.32. The summed E-state index contributed by atoms with van der Waals surface area (Å²) in [5.74, 6) is -0.367. The molecule has 110 valence electrons. The van der Waals surface area contributed by atoms with E-state index in [2.05, 4.69) is 20.6 Å².